The minimum absolute atomic E-state index is 0.137. The Hall–Kier alpha value is -2.75. The maximum Gasteiger partial charge on any atom is 0.317 e. The molecule has 0 bridgehead atoms. The monoisotopic (exact) mass is 376 g/mol. The van der Waals surface area contributed by atoms with E-state index in [1.165, 1.54) is 16.2 Å². The van der Waals surface area contributed by atoms with Gasteiger partial charge in [0.1, 0.15) is 17.2 Å². The predicted octanol–water partition coefficient (Wildman–Crippen LogP) is 1.68. The number of hydrogen-bond donors (Lipinski definition) is 2. The van der Waals surface area contributed by atoms with Gasteiger partial charge in [-0.05, 0) is 26.3 Å². The second-order valence-electron chi connectivity index (χ2n) is 6.05. The molecule has 9 nitrogen and oxygen atoms in total. The maximum absolute atomic E-state index is 12.2. The van der Waals surface area contributed by atoms with E-state index in [0.29, 0.717) is 35.9 Å². The lowest BCUT2D eigenvalue weighted by atomic mass is 10.2. The van der Waals surface area contributed by atoms with E-state index in [1.807, 2.05) is 13.8 Å². The lowest BCUT2D eigenvalue weighted by molar-refractivity contribution is 0.199. The Bertz CT molecular complexity index is 1010. The van der Waals surface area contributed by atoms with Gasteiger partial charge in [-0.15, -0.1) is 11.3 Å². The molecule has 138 valence electrons. The number of urea groups is 1. The zero-order valence-electron chi connectivity index (χ0n) is 15.0. The van der Waals surface area contributed by atoms with Crippen LogP contribution in [0.4, 0.5) is 4.79 Å². The zero-order chi connectivity index (χ0) is 18.8. The van der Waals surface area contributed by atoms with Crippen LogP contribution in [0, 0.1) is 20.8 Å². The normalized spacial score (nSPS) is 11.1. The smallest absolute Gasteiger partial charge is 0.317 e. The minimum atomic E-state index is -0.271. The Morgan fingerprint density at radius 1 is 1.31 bits per heavy atom. The molecule has 3 rings (SSSR count). The number of amides is 2. The fraction of sp³-hybridized carbons (Fsp3) is 0.438. The van der Waals surface area contributed by atoms with Crippen LogP contribution in [0.25, 0.3) is 10.2 Å². The minimum Gasteiger partial charge on any atom is -0.338 e. The Morgan fingerprint density at radius 3 is 2.77 bits per heavy atom. The molecule has 0 aliphatic heterocycles. The maximum atomic E-state index is 12.2. The molecule has 3 heterocycles. The van der Waals surface area contributed by atoms with E-state index < -0.39 is 0 Å². The van der Waals surface area contributed by atoms with E-state index in [9.17, 15) is 9.59 Å². The van der Waals surface area contributed by atoms with Crippen LogP contribution >= 0.6 is 11.3 Å². The van der Waals surface area contributed by atoms with Gasteiger partial charge in [0.15, 0.2) is 5.82 Å². The number of nitrogens with one attached hydrogen (secondary N) is 2. The van der Waals surface area contributed by atoms with Crippen molar-refractivity contribution >= 4 is 27.6 Å². The Kier molecular flexibility index (Phi) is 5.03. The number of carbonyl (C=O) groups excluding carboxylic acids is 1. The third-order valence-corrected chi connectivity index (χ3v) is 5.12. The molecule has 0 fully saturated rings. The zero-order valence-corrected chi connectivity index (χ0v) is 15.9. The lowest BCUT2D eigenvalue weighted by Crippen LogP contribution is -2.38. The highest BCUT2D eigenvalue weighted by atomic mass is 32.1. The molecule has 0 radical (unpaired) electrons. The van der Waals surface area contributed by atoms with Crippen LogP contribution in [0.15, 0.2) is 9.32 Å². The summed E-state index contributed by atoms with van der Waals surface area (Å²) in [5.41, 5.74) is 0.832. The number of nitrogens with zero attached hydrogens (tertiary/aromatic N) is 4. The molecular weight excluding hydrogens is 356 g/mol. The average molecular weight is 376 g/mol. The van der Waals surface area contributed by atoms with Crippen molar-refractivity contribution in [3.05, 3.63) is 38.3 Å². The number of aryl methyl sites for hydroxylation is 3. The number of thiophene rings is 1. The van der Waals surface area contributed by atoms with Crippen molar-refractivity contribution in [1.82, 2.24) is 30.3 Å². The van der Waals surface area contributed by atoms with Crippen molar-refractivity contribution in [1.29, 1.82) is 0 Å². The number of H-pyrrole nitrogens is 1. The Morgan fingerprint density at radius 2 is 2.08 bits per heavy atom. The van der Waals surface area contributed by atoms with Crippen molar-refractivity contribution in [2.24, 2.45) is 0 Å². The van der Waals surface area contributed by atoms with E-state index in [2.05, 4.69) is 25.4 Å². The lowest BCUT2D eigenvalue weighted by Gasteiger charge is -2.15. The van der Waals surface area contributed by atoms with Crippen LogP contribution in [0.3, 0.4) is 0 Å². The first-order valence-electron chi connectivity index (χ1n) is 8.12. The molecule has 2 N–H and O–H groups in total. The Labute approximate surface area is 153 Å². The summed E-state index contributed by atoms with van der Waals surface area (Å²) >= 11 is 1.50. The van der Waals surface area contributed by atoms with Gasteiger partial charge in [0.2, 0.25) is 5.89 Å². The van der Waals surface area contributed by atoms with Crippen LogP contribution in [0.5, 0.6) is 0 Å². The van der Waals surface area contributed by atoms with Gasteiger partial charge in [-0.1, -0.05) is 5.16 Å². The van der Waals surface area contributed by atoms with Crippen LogP contribution in [-0.4, -0.2) is 44.6 Å². The molecule has 0 aromatic carbocycles. The van der Waals surface area contributed by atoms with Gasteiger partial charge in [-0.3, -0.25) is 4.79 Å². The van der Waals surface area contributed by atoms with Gasteiger partial charge in [-0.2, -0.15) is 4.98 Å². The van der Waals surface area contributed by atoms with Gasteiger partial charge < -0.3 is 19.7 Å². The molecule has 0 unspecified atom stereocenters. The molecule has 3 aromatic heterocycles. The van der Waals surface area contributed by atoms with Gasteiger partial charge in [-0.25, -0.2) is 9.78 Å². The number of aromatic nitrogens is 4. The first-order chi connectivity index (χ1) is 12.3. The predicted molar refractivity (Wildman–Crippen MR) is 97.3 cm³/mol. The summed E-state index contributed by atoms with van der Waals surface area (Å²) in [5.74, 6) is 1.46. The molecule has 0 aliphatic carbocycles. The summed E-state index contributed by atoms with van der Waals surface area (Å²) in [5, 5.41) is 7.11. The highest BCUT2D eigenvalue weighted by Gasteiger charge is 2.14. The van der Waals surface area contributed by atoms with Crippen LogP contribution < -0.4 is 10.9 Å². The van der Waals surface area contributed by atoms with Crippen molar-refractivity contribution in [3.8, 4) is 0 Å². The Balaban J connectivity index is 1.58. The molecule has 0 spiro atoms. The first-order valence-corrected chi connectivity index (χ1v) is 8.94. The van der Waals surface area contributed by atoms with E-state index >= 15 is 0 Å². The first kappa shape index (κ1) is 18.1. The largest absolute Gasteiger partial charge is 0.338 e. The van der Waals surface area contributed by atoms with Crippen molar-refractivity contribution in [2.75, 3.05) is 13.6 Å². The molecule has 0 saturated heterocycles. The van der Waals surface area contributed by atoms with Crippen molar-refractivity contribution < 1.29 is 9.32 Å². The van der Waals surface area contributed by atoms with Gasteiger partial charge in [0.05, 0.1) is 5.39 Å². The fourth-order valence-corrected chi connectivity index (χ4v) is 3.57. The summed E-state index contributed by atoms with van der Waals surface area (Å²) < 4.78 is 4.99. The topological polar surface area (TPSA) is 117 Å². The van der Waals surface area contributed by atoms with Gasteiger partial charge in [0.25, 0.3) is 5.56 Å². The third kappa shape index (κ3) is 3.74. The average Bonchev–Trinajstić information content (AvgIpc) is 3.10. The summed E-state index contributed by atoms with van der Waals surface area (Å²) in [6, 6.07) is -0.271. The molecule has 0 aliphatic rings. The third-order valence-electron chi connectivity index (χ3n) is 4.01. The summed E-state index contributed by atoms with van der Waals surface area (Å²) in [6.07, 6.45) is 0.431. The van der Waals surface area contributed by atoms with Crippen molar-refractivity contribution in [2.45, 2.75) is 33.7 Å². The number of fused-ring (bicyclic) bond motifs is 1. The second kappa shape index (κ2) is 7.24. The summed E-state index contributed by atoms with van der Waals surface area (Å²) in [6.45, 7) is 6.19. The molecule has 2 amide bonds. The molecule has 3 aromatic rings. The summed E-state index contributed by atoms with van der Waals surface area (Å²) in [7, 11) is 1.64. The van der Waals surface area contributed by atoms with Crippen molar-refractivity contribution in [3.63, 3.8) is 0 Å². The number of rotatable bonds is 5. The molecular formula is C16H20N6O3S. The molecule has 0 saturated carbocycles. The van der Waals surface area contributed by atoms with Crippen LogP contribution in [0.2, 0.25) is 0 Å². The summed E-state index contributed by atoms with van der Waals surface area (Å²) in [4.78, 5) is 38.9. The molecule has 0 atom stereocenters. The standard InChI is InChI=1S/C16H20N6O3S/c1-8-9(2)26-15-13(8)14(23)19-11(20-15)5-6-17-16(24)22(4)7-12-18-10(3)21-25-12/h5-7H2,1-4H3,(H,17,24)(H,19,20,23). The van der Waals surface area contributed by atoms with Gasteiger partial charge >= 0.3 is 6.03 Å². The molecule has 26 heavy (non-hydrogen) atoms. The van der Waals surface area contributed by atoms with E-state index in [-0.39, 0.29) is 18.1 Å². The SMILES string of the molecule is Cc1noc(CN(C)C(=O)NCCc2nc3sc(C)c(C)c3c(=O)[nH]2)n1. The quantitative estimate of drug-likeness (QED) is 0.700. The second-order valence-corrected chi connectivity index (χ2v) is 7.25. The molecule has 10 heteroatoms. The van der Waals surface area contributed by atoms with Gasteiger partial charge in [0, 0.05) is 24.9 Å². The van der Waals surface area contributed by atoms with Crippen LogP contribution in [-0.2, 0) is 13.0 Å². The fourth-order valence-electron chi connectivity index (χ4n) is 2.52. The van der Waals surface area contributed by atoms with E-state index in [0.717, 1.165) is 15.3 Å². The number of aromatic amines is 1. The highest BCUT2D eigenvalue weighted by Crippen LogP contribution is 2.25. The van der Waals surface area contributed by atoms with E-state index in [1.54, 1.807) is 14.0 Å². The van der Waals surface area contributed by atoms with E-state index in [4.69, 9.17) is 4.52 Å². The van der Waals surface area contributed by atoms with Crippen LogP contribution in [0.1, 0.15) is 28.0 Å². The number of hydrogen-bond acceptors (Lipinski definition) is 7. The highest BCUT2D eigenvalue weighted by molar-refractivity contribution is 7.18. The number of carbonyl (C=O) groups is 1.